The predicted octanol–water partition coefficient (Wildman–Crippen LogP) is 5.60. The van der Waals surface area contributed by atoms with Gasteiger partial charge in [0.05, 0.1) is 6.04 Å². The summed E-state index contributed by atoms with van der Waals surface area (Å²) >= 11 is 0. The predicted molar refractivity (Wildman–Crippen MR) is 193 cm³/mol. The molecule has 2 aromatic rings. The average molecular weight is 689 g/mol. The van der Waals surface area contributed by atoms with Gasteiger partial charge in [0.2, 0.25) is 17.6 Å². The molecule has 0 aromatic heterocycles. The second-order valence-electron chi connectivity index (χ2n) is 16.5. The number of Topliss-reactive ketones (excluding diaryl/α,β-unsaturated/α-hetero) is 1. The molecule has 272 valence electrons. The standard InChI is InChI=1S/C40H56N4O6/c1-10-17-29(32(45)35(47)41-23-22-27(25-18-13-11-14-19-25)26-20-15-12-16-21-26)42-34(46)31-30-28(40(30,8)9)24-44(31)36(48)33(38(2,3)4)43-37(49)50-39(5,6)7/h11-16,18-21,27-31,33H,10,17,22-24H2,1-9H3,(H,41,47)(H,42,46)(H,43,49)/t28-,29?,30-,31-,33+/m0/s1. The Morgan fingerprint density at radius 3 is 1.92 bits per heavy atom. The molecule has 1 unspecified atom stereocenters. The van der Waals surface area contributed by atoms with E-state index in [0.29, 0.717) is 19.4 Å². The lowest BCUT2D eigenvalue weighted by Gasteiger charge is -2.38. The number of hydrogen-bond donors (Lipinski definition) is 3. The van der Waals surface area contributed by atoms with Gasteiger partial charge in [0, 0.05) is 19.0 Å². The van der Waals surface area contributed by atoms with Crippen LogP contribution in [0.4, 0.5) is 4.79 Å². The van der Waals surface area contributed by atoms with E-state index < -0.39 is 52.8 Å². The van der Waals surface area contributed by atoms with Crippen molar-refractivity contribution in [1.29, 1.82) is 0 Å². The lowest BCUT2D eigenvalue weighted by molar-refractivity contribution is -0.145. The number of ketones is 1. The number of alkyl carbamates (subject to hydrolysis) is 1. The fourth-order valence-electron chi connectivity index (χ4n) is 7.34. The third-order valence-electron chi connectivity index (χ3n) is 10.1. The van der Waals surface area contributed by atoms with Crippen molar-refractivity contribution >= 4 is 29.6 Å². The lowest BCUT2D eigenvalue weighted by atomic mass is 9.85. The molecule has 4 rings (SSSR count). The topological polar surface area (TPSA) is 134 Å². The third-order valence-corrected chi connectivity index (χ3v) is 10.1. The Balaban J connectivity index is 1.46. The Labute approximate surface area is 297 Å². The molecule has 0 bridgehead atoms. The summed E-state index contributed by atoms with van der Waals surface area (Å²) in [5.74, 6) is -2.30. The maximum Gasteiger partial charge on any atom is 0.408 e. The molecule has 1 saturated carbocycles. The highest BCUT2D eigenvalue weighted by Gasteiger charge is 2.70. The van der Waals surface area contributed by atoms with E-state index in [1.165, 1.54) is 0 Å². The number of fused-ring (bicyclic) bond motifs is 1. The van der Waals surface area contributed by atoms with Gasteiger partial charge in [-0.1, -0.05) is 109 Å². The number of rotatable bonds is 13. The number of carbonyl (C=O) groups is 5. The molecule has 1 saturated heterocycles. The number of piperidine rings is 1. The molecule has 2 aromatic carbocycles. The molecule has 0 spiro atoms. The first-order valence-electron chi connectivity index (χ1n) is 17.9. The maximum atomic E-state index is 14.2. The van der Waals surface area contributed by atoms with Gasteiger partial charge in [-0.05, 0) is 67.4 Å². The Kier molecular flexibility index (Phi) is 11.9. The van der Waals surface area contributed by atoms with E-state index in [-0.39, 0.29) is 42.0 Å². The molecular formula is C40H56N4O6. The largest absolute Gasteiger partial charge is 0.444 e. The Morgan fingerprint density at radius 2 is 1.42 bits per heavy atom. The fraction of sp³-hybridized carbons (Fsp3) is 0.575. The Bertz CT molecular complexity index is 1490. The van der Waals surface area contributed by atoms with Gasteiger partial charge in [-0.2, -0.15) is 0 Å². The van der Waals surface area contributed by atoms with Crippen molar-refractivity contribution in [2.24, 2.45) is 22.7 Å². The highest BCUT2D eigenvalue weighted by Crippen LogP contribution is 2.65. The zero-order valence-electron chi connectivity index (χ0n) is 31.2. The van der Waals surface area contributed by atoms with Crippen LogP contribution in [0.25, 0.3) is 0 Å². The lowest BCUT2D eigenvalue weighted by Crippen LogP contribution is -2.60. The van der Waals surface area contributed by atoms with Crippen LogP contribution in [0.3, 0.4) is 0 Å². The number of nitrogens with one attached hydrogen (secondary N) is 3. The van der Waals surface area contributed by atoms with Crippen LogP contribution in [-0.2, 0) is 23.9 Å². The number of likely N-dealkylation sites (tertiary alicyclic amines) is 1. The van der Waals surface area contributed by atoms with Crippen LogP contribution in [0.1, 0.15) is 98.6 Å². The van der Waals surface area contributed by atoms with Crippen LogP contribution in [0.15, 0.2) is 60.7 Å². The van der Waals surface area contributed by atoms with Gasteiger partial charge in [0.15, 0.2) is 0 Å². The number of ether oxygens (including phenoxy) is 1. The van der Waals surface area contributed by atoms with Gasteiger partial charge in [-0.15, -0.1) is 0 Å². The minimum atomic E-state index is -1.04. The summed E-state index contributed by atoms with van der Waals surface area (Å²) < 4.78 is 5.45. The highest BCUT2D eigenvalue weighted by atomic mass is 16.6. The summed E-state index contributed by atoms with van der Waals surface area (Å²) in [5, 5.41) is 8.42. The monoisotopic (exact) mass is 688 g/mol. The van der Waals surface area contributed by atoms with Gasteiger partial charge in [-0.3, -0.25) is 19.2 Å². The summed E-state index contributed by atoms with van der Waals surface area (Å²) in [7, 11) is 0. The molecule has 1 heterocycles. The van der Waals surface area contributed by atoms with Crippen LogP contribution in [0.2, 0.25) is 0 Å². The van der Waals surface area contributed by atoms with Crippen LogP contribution < -0.4 is 16.0 Å². The number of benzene rings is 2. The molecule has 1 aliphatic carbocycles. The van der Waals surface area contributed by atoms with Gasteiger partial charge >= 0.3 is 6.09 Å². The summed E-state index contributed by atoms with van der Waals surface area (Å²) in [6.45, 7) is 17.4. The summed E-state index contributed by atoms with van der Waals surface area (Å²) in [4.78, 5) is 69.4. The minimum absolute atomic E-state index is 0.0291. The average Bonchev–Trinajstić information content (AvgIpc) is 3.35. The fourth-order valence-corrected chi connectivity index (χ4v) is 7.34. The molecular weight excluding hydrogens is 632 g/mol. The van der Waals surface area contributed by atoms with Crippen molar-refractivity contribution in [3.63, 3.8) is 0 Å². The van der Waals surface area contributed by atoms with Crippen molar-refractivity contribution in [3.05, 3.63) is 71.8 Å². The third kappa shape index (κ3) is 9.11. The number of amides is 4. The zero-order chi connectivity index (χ0) is 37.0. The molecule has 10 nitrogen and oxygen atoms in total. The zero-order valence-corrected chi connectivity index (χ0v) is 31.2. The molecule has 3 N–H and O–H groups in total. The first-order valence-corrected chi connectivity index (χ1v) is 17.9. The van der Waals surface area contributed by atoms with Crippen LogP contribution in [0.5, 0.6) is 0 Å². The van der Waals surface area contributed by atoms with E-state index in [1.807, 2.05) is 64.1 Å². The molecule has 2 aliphatic rings. The normalized spacial score (nSPS) is 20.7. The van der Waals surface area contributed by atoms with E-state index in [9.17, 15) is 24.0 Å². The van der Waals surface area contributed by atoms with Crippen molar-refractivity contribution in [2.75, 3.05) is 13.1 Å². The molecule has 1 aliphatic heterocycles. The second-order valence-corrected chi connectivity index (χ2v) is 16.5. The van der Waals surface area contributed by atoms with E-state index in [2.05, 4.69) is 54.1 Å². The maximum absolute atomic E-state index is 14.2. The Morgan fingerprint density at radius 1 is 0.860 bits per heavy atom. The van der Waals surface area contributed by atoms with Crippen molar-refractivity contribution in [1.82, 2.24) is 20.9 Å². The molecule has 2 fully saturated rings. The molecule has 10 heteroatoms. The number of hydrogen-bond acceptors (Lipinski definition) is 6. The van der Waals surface area contributed by atoms with E-state index >= 15 is 0 Å². The first-order chi connectivity index (χ1) is 23.4. The first kappa shape index (κ1) is 38.6. The van der Waals surface area contributed by atoms with Crippen LogP contribution in [-0.4, -0.2) is 71.3 Å². The summed E-state index contributed by atoms with van der Waals surface area (Å²) in [5.41, 5.74) is 0.612. The van der Waals surface area contributed by atoms with Gasteiger partial charge in [0.1, 0.15) is 17.7 Å². The van der Waals surface area contributed by atoms with E-state index in [4.69, 9.17) is 4.74 Å². The number of carbonyl (C=O) groups excluding carboxylic acids is 5. The van der Waals surface area contributed by atoms with E-state index in [0.717, 1.165) is 11.1 Å². The molecule has 50 heavy (non-hydrogen) atoms. The molecule has 0 radical (unpaired) electrons. The van der Waals surface area contributed by atoms with Gasteiger partial charge in [-0.25, -0.2) is 4.79 Å². The van der Waals surface area contributed by atoms with E-state index in [1.54, 1.807) is 25.7 Å². The van der Waals surface area contributed by atoms with Gasteiger partial charge < -0.3 is 25.6 Å². The van der Waals surface area contributed by atoms with Crippen LogP contribution >= 0.6 is 0 Å². The SMILES string of the molecule is CCCC(NC(=O)[C@@H]1[C@@H]2[C@H](CN1C(=O)[C@@H](NC(=O)OC(C)(C)C)C(C)(C)C)C2(C)C)C(=O)C(=O)NCCC(c1ccccc1)c1ccccc1. The van der Waals surface area contributed by atoms with Gasteiger partial charge in [0.25, 0.3) is 5.91 Å². The molecule has 5 atom stereocenters. The van der Waals surface area contributed by atoms with Crippen molar-refractivity contribution in [3.8, 4) is 0 Å². The minimum Gasteiger partial charge on any atom is -0.444 e. The number of nitrogens with zero attached hydrogens (tertiary/aromatic N) is 1. The summed E-state index contributed by atoms with van der Waals surface area (Å²) in [6, 6.07) is 17.2. The smallest absolute Gasteiger partial charge is 0.408 e. The highest BCUT2D eigenvalue weighted by molar-refractivity contribution is 6.38. The van der Waals surface area contributed by atoms with Crippen molar-refractivity contribution in [2.45, 2.75) is 111 Å². The second kappa shape index (κ2) is 15.4. The van der Waals surface area contributed by atoms with Crippen LogP contribution in [0, 0.1) is 22.7 Å². The molecule has 4 amide bonds. The van der Waals surface area contributed by atoms with Crippen molar-refractivity contribution < 1.29 is 28.7 Å². The Hall–Kier alpha value is -4.21. The summed E-state index contributed by atoms with van der Waals surface area (Å²) in [6.07, 6.45) is 0.707. The quantitative estimate of drug-likeness (QED) is 0.235.